The molecule has 0 aliphatic rings. The first kappa shape index (κ1) is 12.7. The van der Waals surface area contributed by atoms with E-state index in [0.717, 1.165) is 5.69 Å². The highest BCUT2D eigenvalue weighted by Crippen LogP contribution is 2.17. The fourth-order valence-corrected chi connectivity index (χ4v) is 1.44. The maximum absolute atomic E-state index is 12.0. The van der Waals surface area contributed by atoms with E-state index in [0.29, 0.717) is 17.8 Å². The van der Waals surface area contributed by atoms with Crippen molar-refractivity contribution < 1.29 is 4.79 Å². The number of nitrogen functional groups attached to an aromatic ring is 1. The van der Waals surface area contributed by atoms with Crippen LogP contribution in [0, 0.1) is 13.8 Å². The van der Waals surface area contributed by atoms with E-state index >= 15 is 0 Å². The minimum atomic E-state index is -0.238. The first-order chi connectivity index (χ1) is 7.28. The molecule has 0 fully saturated rings. The first-order valence-corrected chi connectivity index (χ1v) is 5.32. The van der Waals surface area contributed by atoms with Gasteiger partial charge >= 0.3 is 0 Å². The standard InChI is InChI=1S/C11H20N4O/c1-7-10(12)8(2)15(14-7)9(16)6-11(3,4)13-5/h13H,6,12H2,1-5H3. The Labute approximate surface area is 96.0 Å². The van der Waals surface area contributed by atoms with Crippen molar-refractivity contribution in [3.05, 3.63) is 11.4 Å². The van der Waals surface area contributed by atoms with E-state index in [-0.39, 0.29) is 11.4 Å². The molecule has 16 heavy (non-hydrogen) atoms. The second-order valence-electron chi connectivity index (χ2n) is 4.70. The Morgan fingerprint density at radius 2 is 2.06 bits per heavy atom. The van der Waals surface area contributed by atoms with Crippen LogP contribution in [0.2, 0.25) is 0 Å². The monoisotopic (exact) mass is 224 g/mol. The molecule has 0 bridgehead atoms. The minimum Gasteiger partial charge on any atom is -0.396 e. The number of carbonyl (C=O) groups is 1. The largest absolute Gasteiger partial charge is 0.396 e. The summed E-state index contributed by atoms with van der Waals surface area (Å²) in [6, 6.07) is 0. The molecule has 0 amide bonds. The van der Waals surface area contributed by atoms with Crippen LogP contribution in [0.25, 0.3) is 0 Å². The van der Waals surface area contributed by atoms with Crippen LogP contribution in [0.1, 0.15) is 36.5 Å². The fraction of sp³-hybridized carbons (Fsp3) is 0.636. The van der Waals surface area contributed by atoms with E-state index < -0.39 is 0 Å². The van der Waals surface area contributed by atoms with Gasteiger partial charge in [-0.2, -0.15) is 5.10 Å². The van der Waals surface area contributed by atoms with E-state index in [9.17, 15) is 4.79 Å². The molecular weight excluding hydrogens is 204 g/mol. The van der Waals surface area contributed by atoms with Crippen molar-refractivity contribution in [3.63, 3.8) is 0 Å². The van der Waals surface area contributed by atoms with Gasteiger partial charge in [-0.05, 0) is 34.7 Å². The number of nitrogens with zero attached hydrogens (tertiary/aromatic N) is 2. The van der Waals surface area contributed by atoms with Crippen LogP contribution >= 0.6 is 0 Å². The average molecular weight is 224 g/mol. The zero-order valence-electron chi connectivity index (χ0n) is 10.6. The van der Waals surface area contributed by atoms with E-state index in [1.165, 1.54) is 4.68 Å². The fourth-order valence-electron chi connectivity index (χ4n) is 1.44. The highest BCUT2D eigenvalue weighted by atomic mass is 16.2. The molecular formula is C11H20N4O. The number of aromatic nitrogens is 2. The molecule has 0 saturated heterocycles. The summed E-state index contributed by atoms with van der Waals surface area (Å²) in [4.78, 5) is 12.0. The Kier molecular flexibility index (Phi) is 3.38. The van der Waals surface area contributed by atoms with Gasteiger partial charge in [-0.3, -0.25) is 4.79 Å². The Balaban J connectivity index is 2.94. The van der Waals surface area contributed by atoms with Crippen LogP contribution in [-0.2, 0) is 0 Å². The SMILES string of the molecule is CNC(C)(C)CC(=O)n1nc(C)c(N)c1C. The summed E-state index contributed by atoms with van der Waals surface area (Å²) in [5.74, 6) is -0.0448. The second kappa shape index (κ2) is 4.25. The molecule has 0 aliphatic heterocycles. The third kappa shape index (κ3) is 2.41. The molecule has 0 radical (unpaired) electrons. The predicted octanol–water partition coefficient (Wildman–Crippen LogP) is 1.11. The smallest absolute Gasteiger partial charge is 0.248 e. The highest BCUT2D eigenvalue weighted by Gasteiger charge is 2.23. The van der Waals surface area contributed by atoms with Gasteiger partial charge in [0.25, 0.3) is 0 Å². The van der Waals surface area contributed by atoms with Gasteiger partial charge in [0.15, 0.2) is 0 Å². The van der Waals surface area contributed by atoms with Crippen molar-refractivity contribution in [1.29, 1.82) is 0 Å². The number of hydrogen-bond donors (Lipinski definition) is 2. The lowest BCUT2D eigenvalue weighted by Crippen LogP contribution is -2.39. The Morgan fingerprint density at radius 1 is 1.50 bits per heavy atom. The molecule has 3 N–H and O–H groups in total. The molecule has 1 heterocycles. The third-order valence-electron chi connectivity index (χ3n) is 2.85. The topological polar surface area (TPSA) is 72.9 Å². The van der Waals surface area contributed by atoms with Crippen LogP contribution in [0.4, 0.5) is 5.69 Å². The van der Waals surface area contributed by atoms with Crippen LogP contribution in [0.15, 0.2) is 0 Å². The number of hydrogen-bond acceptors (Lipinski definition) is 4. The molecule has 0 aromatic carbocycles. The molecule has 90 valence electrons. The van der Waals surface area contributed by atoms with Crippen molar-refractivity contribution >= 4 is 11.6 Å². The van der Waals surface area contributed by atoms with Gasteiger partial charge in [-0.25, -0.2) is 4.68 Å². The number of nitrogens with one attached hydrogen (secondary N) is 1. The van der Waals surface area contributed by atoms with E-state index in [1.54, 1.807) is 13.8 Å². The summed E-state index contributed by atoms with van der Waals surface area (Å²) in [5, 5.41) is 7.23. The maximum Gasteiger partial charge on any atom is 0.248 e. The summed E-state index contributed by atoms with van der Waals surface area (Å²) >= 11 is 0. The summed E-state index contributed by atoms with van der Waals surface area (Å²) in [6.45, 7) is 7.55. The number of carbonyl (C=O) groups excluding carboxylic acids is 1. The molecule has 0 atom stereocenters. The second-order valence-corrected chi connectivity index (χ2v) is 4.70. The zero-order chi connectivity index (χ0) is 12.5. The number of aryl methyl sites for hydroxylation is 1. The summed E-state index contributed by atoms with van der Waals surface area (Å²) in [6.07, 6.45) is 0.380. The lowest BCUT2D eigenvalue weighted by molar-refractivity contribution is 0.0850. The molecule has 0 unspecified atom stereocenters. The molecule has 0 aliphatic carbocycles. The van der Waals surface area contributed by atoms with Crippen molar-refractivity contribution in [1.82, 2.24) is 15.1 Å². The zero-order valence-corrected chi connectivity index (χ0v) is 10.6. The number of rotatable bonds is 3. The van der Waals surface area contributed by atoms with Crippen LogP contribution in [-0.4, -0.2) is 28.3 Å². The van der Waals surface area contributed by atoms with E-state index in [4.69, 9.17) is 5.73 Å². The molecule has 1 aromatic rings. The van der Waals surface area contributed by atoms with Crippen molar-refractivity contribution in [2.24, 2.45) is 0 Å². The van der Waals surface area contributed by atoms with Crippen molar-refractivity contribution in [2.45, 2.75) is 39.7 Å². The first-order valence-electron chi connectivity index (χ1n) is 5.32. The van der Waals surface area contributed by atoms with Crippen LogP contribution in [0.3, 0.4) is 0 Å². The quantitative estimate of drug-likeness (QED) is 0.806. The Bertz CT molecular complexity index is 406. The lowest BCUT2D eigenvalue weighted by atomic mass is 10.0. The van der Waals surface area contributed by atoms with Crippen LogP contribution < -0.4 is 11.1 Å². The summed E-state index contributed by atoms with van der Waals surface area (Å²) in [7, 11) is 1.84. The minimum absolute atomic E-state index is 0.0448. The molecule has 1 aromatic heterocycles. The highest BCUT2D eigenvalue weighted by molar-refractivity contribution is 5.81. The van der Waals surface area contributed by atoms with Gasteiger partial charge in [-0.15, -0.1) is 0 Å². The molecule has 0 spiro atoms. The molecule has 0 saturated carbocycles. The number of nitrogens with two attached hydrogens (primary N) is 1. The van der Waals surface area contributed by atoms with Crippen molar-refractivity contribution in [3.8, 4) is 0 Å². The lowest BCUT2D eigenvalue weighted by Gasteiger charge is -2.22. The van der Waals surface area contributed by atoms with E-state index in [2.05, 4.69) is 10.4 Å². The normalized spacial score (nSPS) is 11.8. The molecule has 5 heteroatoms. The van der Waals surface area contributed by atoms with E-state index in [1.807, 2.05) is 20.9 Å². The van der Waals surface area contributed by atoms with Gasteiger partial charge in [0.05, 0.1) is 17.1 Å². The van der Waals surface area contributed by atoms with Crippen molar-refractivity contribution in [2.75, 3.05) is 12.8 Å². The third-order valence-corrected chi connectivity index (χ3v) is 2.85. The molecule has 1 rings (SSSR count). The Morgan fingerprint density at radius 3 is 2.44 bits per heavy atom. The summed E-state index contributed by atoms with van der Waals surface area (Å²) < 4.78 is 1.39. The van der Waals surface area contributed by atoms with Gasteiger partial charge in [0, 0.05) is 12.0 Å². The predicted molar refractivity (Wildman–Crippen MR) is 64.5 cm³/mol. The summed E-state index contributed by atoms with van der Waals surface area (Å²) in [5.41, 5.74) is 7.56. The number of anilines is 1. The van der Waals surface area contributed by atoms with Gasteiger partial charge in [0.1, 0.15) is 0 Å². The average Bonchev–Trinajstić information content (AvgIpc) is 2.45. The van der Waals surface area contributed by atoms with Crippen LogP contribution in [0.5, 0.6) is 0 Å². The maximum atomic E-state index is 12.0. The van der Waals surface area contributed by atoms with Gasteiger partial charge in [-0.1, -0.05) is 0 Å². The van der Waals surface area contributed by atoms with Gasteiger partial charge < -0.3 is 11.1 Å². The van der Waals surface area contributed by atoms with Gasteiger partial charge in [0.2, 0.25) is 5.91 Å². The Hall–Kier alpha value is -1.36. The molecule has 5 nitrogen and oxygen atoms in total.